The van der Waals surface area contributed by atoms with E-state index in [4.69, 9.17) is 0 Å². The number of halogens is 2. The fourth-order valence-corrected chi connectivity index (χ4v) is 3.39. The molecule has 1 heterocycles. The molecule has 0 amide bonds. The molecule has 7 heteroatoms. The number of nitrogens with zero attached hydrogens (tertiary/aromatic N) is 3. The average Bonchev–Trinajstić information content (AvgIpc) is 3.05. The number of thioether (sulfide) groups is 1. The molecule has 0 aliphatic rings. The van der Waals surface area contributed by atoms with Crippen LogP contribution in [0.3, 0.4) is 0 Å². The Morgan fingerprint density at radius 1 is 0.962 bits per heavy atom. The van der Waals surface area contributed by atoms with E-state index in [1.807, 2.05) is 4.57 Å². The first-order valence-electron chi connectivity index (χ1n) is 8.34. The maximum atomic E-state index is 13.3. The summed E-state index contributed by atoms with van der Waals surface area (Å²) in [5, 5.41) is 9.45. The minimum Gasteiger partial charge on any atom is -0.331 e. The van der Waals surface area contributed by atoms with Crippen LogP contribution in [0.4, 0.5) is 8.78 Å². The van der Waals surface area contributed by atoms with Gasteiger partial charge >= 0.3 is 0 Å². The molecule has 1 atom stereocenters. The number of quaternary nitrogens is 1. The monoisotopic (exact) mass is 375 g/mol. The van der Waals surface area contributed by atoms with Gasteiger partial charge in [0, 0.05) is 11.4 Å². The summed E-state index contributed by atoms with van der Waals surface area (Å²) in [5.41, 5.74) is 1.82. The Labute approximate surface area is 155 Å². The van der Waals surface area contributed by atoms with Gasteiger partial charge in [0.15, 0.2) is 11.0 Å². The van der Waals surface area contributed by atoms with Crippen LogP contribution in [0.2, 0.25) is 0 Å². The number of hydrogen-bond acceptors (Lipinski definition) is 3. The quantitative estimate of drug-likeness (QED) is 0.673. The van der Waals surface area contributed by atoms with E-state index in [-0.39, 0.29) is 17.7 Å². The van der Waals surface area contributed by atoms with E-state index in [1.54, 1.807) is 24.3 Å². The van der Waals surface area contributed by atoms with Crippen molar-refractivity contribution in [2.24, 2.45) is 0 Å². The van der Waals surface area contributed by atoms with Crippen LogP contribution in [0.1, 0.15) is 24.4 Å². The van der Waals surface area contributed by atoms with Crippen molar-refractivity contribution in [2.45, 2.75) is 23.9 Å². The second-order valence-electron chi connectivity index (χ2n) is 6.37. The lowest BCUT2D eigenvalue weighted by atomic mass is 10.2. The molecule has 0 spiro atoms. The zero-order chi connectivity index (χ0) is 18.7. The SMILES string of the molecule is C[C@H](c1nnc(SCc2ccc(F)cc2)n1-c1ccc(F)cc1)[NH+](C)C. The molecule has 26 heavy (non-hydrogen) atoms. The van der Waals surface area contributed by atoms with Gasteiger partial charge in [-0.1, -0.05) is 23.9 Å². The largest absolute Gasteiger partial charge is 0.331 e. The van der Waals surface area contributed by atoms with E-state index >= 15 is 0 Å². The summed E-state index contributed by atoms with van der Waals surface area (Å²) in [7, 11) is 4.11. The first-order valence-corrected chi connectivity index (χ1v) is 9.33. The number of hydrogen-bond donors (Lipinski definition) is 1. The van der Waals surface area contributed by atoms with Crippen molar-refractivity contribution < 1.29 is 13.7 Å². The van der Waals surface area contributed by atoms with E-state index < -0.39 is 0 Å². The smallest absolute Gasteiger partial charge is 0.196 e. The number of rotatable bonds is 6. The van der Waals surface area contributed by atoms with Crippen LogP contribution in [-0.4, -0.2) is 28.9 Å². The van der Waals surface area contributed by atoms with E-state index in [2.05, 4.69) is 31.2 Å². The van der Waals surface area contributed by atoms with Crippen LogP contribution in [0, 0.1) is 11.6 Å². The average molecular weight is 375 g/mol. The Morgan fingerprint density at radius 3 is 2.12 bits per heavy atom. The van der Waals surface area contributed by atoms with Gasteiger partial charge in [-0.2, -0.15) is 0 Å². The van der Waals surface area contributed by atoms with Gasteiger partial charge in [-0.3, -0.25) is 4.57 Å². The van der Waals surface area contributed by atoms with Gasteiger partial charge in [0.05, 0.1) is 14.1 Å². The third-order valence-electron chi connectivity index (χ3n) is 4.28. The number of benzene rings is 2. The Morgan fingerprint density at radius 2 is 1.54 bits per heavy atom. The summed E-state index contributed by atoms with van der Waals surface area (Å²) in [6.45, 7) is 2.08. The molecule has 0 aliphatic carbocycles. The van der Waals surface area contributed by atoms with Gasteiger partial charge in [-0.15, -0.1) is 10.2 Å². The Kier molecular flexibility index (Phi) is 5.68. The zero-order valence-electron chi connectivity index (χ0n) is 14.9. The summed E-state index contributed by atoms with van der Waals surface area (Å²) >= 11 is 1.52. The van der Waals surface area contributed by atoms with Gasteiger partial charge in [0.2, 0.25) is 0 Å². The molecule has 0 radical (unpaired) electrons. The van der Waals surface area contributed by atoms with Crippen LogP contribution in [0.15, 0.2) is 53.7 Å². The highest BCUT2D eigenvalue weighted by Crippen LogP contribution is 2.27. The number of nitrogens with one attached hydrogen (secondary N) is 1. The molecule has 0 saturated heterocycles. The third-order valence-corrected chi connectivity index (χ3v) is 5.28. The van der Waals surface area contributed by atoms with Crippen molar-refractivity contribution in [3.63, 3.8) is 0 Å². The fraction of sp³-hybridized carbons (Fsp3) is 0.263. The van der Waals surface area contributed by atoms with Gasteiger partial charge < -0.3 is 4.90 Å². The molecule has 0 saturated carbocycles. The molecule has 4 nitrogen and oxygen atoms in total. The molecule has 136 valence electrons. The summed E-state index contributed by atoms with van der Waals surface area (Å²) in [6, 6.07) is 12.8. The predicted molar refractivity (Wildman–Crippen MR) is 98.5 cm³/mol. The summed E-state index contributed by atoms with van der Waals surface area (Å²) < 4.78 is 28.4. The van der Waals surface area contributed by atoms with E-state index in [0.29, 0.717) is 5.75 Å². The summed E-state index contributed by atoms with van der Waals surface area (Å²) in [6.07, 6.45) is 0. The molecule has 0 unspecified atom stereocenters. The lowest BCUT2D eigenvalue weighted by Gasteiger charge is -2.18. The lowest BCUT2D eigenvalue weighted by Crippen LogP contribution is -3.05. The van der Waals surface area contributed by atoms with Gasteiger partial charge in [0.1, 0.15) is 17.7 Å². The van der Waals surface area contributed by atoms with Gasteiger partial charge in [-0.05, 0) is 48.9 Å². The van der Waals surface area contributed by atoms with Crippen LogP contribution >= 0.6 is 11.8 Å². The second-order valence-corrected chi connectivity index (χ2v) is 7.31. The molecule has 1 N–H and O–H groups in total. The van der Waals surface area contributed by atoms with Crippen molar-refractivity contribution in [1.29, 1.82) is 0 Å². The Hall–Kier alpha value is -2.25. The van der Waals surface area contributed by atoms with E-state index in [0.717, 1.165) is 22.2 Å². The molecular weight excluding hydrogens is 354 g/mol. The molecule has 0 fully saturated rings. The van der Waals surface area contributed by atoms with Gasteiger partial charge in [-0.25, -0.2) is 8.78 Å². The minimum absolute atomic E-state index is 0.118. The van der Waals surface area contributed by atoms with Crippen molar-refractivity contribution in [3.05, 3.63) is 71.6 Å². The van der Waals surface area contributed by atoms with Crippen molar-refractivity contribution in [3.8, 4) is 5.69 Å². The Balaban J connectivity index is 1.93. The highest BCUT2D eigenvalue weighted by molar-refractivity contribution is 7.98. The highest BCUT2D eigenvalue weighted by Gasteiger charge is 2.23. The summed E-state index contributed by atoms with van der Waals surface area (Å²) in [4.78, 5) is 1.22. The van der Waals surface area contributed by atoms with Gasteiger partial charge in [0.25, 0.3) is 0 Å². The van der Waals surface area contributed by atoms with E-state index in [9.17, 15) is 8.78 Å². The highest BCUT2D eigenvalue weighted by atomic mass is 32.2. The fourth-order valence-electron chi connectivity index (χ4n) is 2.47. The van der Waals surface area contributed by atoms with Crippen LogP contribution in [-0.2, 0) is 5.75 Å². The molecule has 0 aliphatic heterocycles. The van der Waals surface area contributed by atoms with Crippen molar-refractivity contribution in [2.75, 3.05) is 14.1 Å². The molecule has 1 aromatic heterocycles. The Bertz CT molecular complexity index is 860. The zero-order valence-corrected chi connectivity index (χ0v) is 15.7. The van der Waals surface area contributed by atoms with Crippen molar-refractivity contribution >= 4 is 11.8 Å². The van der Waals surface area contributed by atoms with Crippen molar-refractivity contribution in [1.82, 2.24) is 14.8 Å². The minimum atomic E-state index is -0.282. The third kappa shape index (κ3) is 4.11. The van der Waals surface area contributed by atoms with Crippen LogP contribution in [0.5, 0.6) is 0 Å². The summed E-state index contributed by atoms with van der Waals surface area (Å²) in [5.74, 6) is 0.926. The van der Waals surface area contributed by atoms with Crippen LogP contribution < -0.4 is 4.90 Å². The standard InChI is InChI=1S/C19H20F2N4S/c1-13(24(2)3)18-22-23-19(25(18)17-10-8-16(21)9-11-17)26-12-14-4-6-15(20)7-5-14/h4-11,13H,12H2,1-3H3/p+1/t13-/m1/s1. The molecular formula is C19H21F2N4S+. The normalized spacial score (nSPS) is 12.5. The first kappa shape index (κ1) is 18.5. The number of aromatic nitrogens is 3. The predicted octanol–water partition coefficient (Wildman–Crippen LogP) is 3.04. The topological polar surface area (TPSA) is 35.1 Å². The maximum Gasteiger partial charge on any atom is 0.196 e. The molecule has 0 bridgehead atoms. The molecule has 3 rings (SSSR count). The lowest BCUT2D eigenvalue weighted by molar-refractivity contribution is -0.890. The first-order chi connectivity index (χ1) is 12.5. The van der Waals surface area contributed by atoms with E-state index in [1.165, 1.54) is 40.9 Å². The maximum absolute atomic E-state index is 13.3. The molecule has 3 aromatic rings. The molecule has 2 aromatic carbocycles. The van der Waals surface area contributed by atoms with Crippen LogP contribution in [0.25, 0.3) is 5.69 Å². The second kappa shape index (κ2) is 7.97.